The van der Waals surface area contributed by atoms with Gasteiger partial charge in [-0.25, -0.2) is 13.5 Å². The first-order valence-corrected chi connectivity index (χ1v) is 9.89. The number of carbonyl (C=O) groups excluding carboxylic acids is 1. The van der Waals surface area contributed by atoms with Crippen molar-refractivity contribution in [3.63, 3.8) is 0 Å². The Hall–Kier alpha value is -3.59. The van der Waals surface area contributed by atoms with Crippen molar-refractivity contribution in [3.05, 3.63) is 84.7 Å². The summed E-state index contributed by atoms with van der Waals surface area (Å²) < 4.78 is 28.3. The molecule has 0 aliphatic heterocycles. The fraction of sp³-hybridized carbons (Fsp3) is 0.0476. The van der Waals surface area contributed by atoms with Gasteiger partial charge in [-0.1, -0.05) is 23.9 Å². The van der Waals surface area contributed by atoms with Crippen LogP contribution < -0.4 is 5.32 Å². The predicted molar refractivity (Wildman–Crippen MR) is 110 cm³/mol. The summed E-state index contributed by atoms with van der Waals surface area (Å²) in [4.78, 5) is 12.0. The Kier molecular flexibility index (Phi) is 5.80. The predicted octanol–water partition coefficient (Wildman–Crippen LogP) is 4.34. The number of anilines is 1. The van der Waals surface area contributed by atoms with Crippen molar-refractivity contribution >= 4 is 23.4 Å². The van der Waals surface area contributed by atoms with Gasteiger partial charge in [-0.05, 0) is 42.5 Å². The normalized spacial score (nSPS) is 10.7. The van der Waals surface area contributed by atoms with Gasteiger partial charge in [0.05, 0.1) is 22.8 Å². The Bertz CT molecular complexity index is 1150. The third-order valence-corrected chi connectivity index (χ3v) is 5.05. The van der Waals surface area contributed by atoms with Crippen LogP contribution >= 0.6 is 11.8 Å². The summed E-state index contributed by atoms with van der Waals surface area (Å²) in [6.07, 6.45) is 3.58. The number of nitrogens with one attached hydrogen (secondary N) is 1. The fourth-order valence-electron chi connectivity index (χ4n) is 2.67. The Morgan fingerprint density at radius 2 is 1.87 bits per heavy atom. The third-order valence-electron chi connectivity index (χ3n) is 4.13. The molecule has 0 radical (unpaired) electrons. The monoisotopic (exact) mass is 423 g/mol. The first kappa shape index (κ1) is 19.7. The van der Waals surface area contributed by atoms with Gasteiger partial charge in [0.2, 0.25) is 5.91 Å². The quantitative estimate of drug-likeness (QED) is 0.467. The number of aromatic nitrogens is 4. The lowest BCUT2D eigenvalue weighted by molar-refractivity contribution is -0.113. The minimum Gasteiger partial charge on any atom is -0.323 e. The van der Waals surface area contributed by atoms with Gasteiger partial charge in [0.15, 0.2) is 0 Å². The van der Waals surface area contributed by atoms with E-state index in [-0.39, 0.29) is 11.4 Å². The van der Waals surface area contributed by atoms with Gasteiger partial charge in [0.25, 0.3) is 0 Å². The maximum Gasteiger partial charge on any atom is 0.234 e. The van der Waals surface area contributed by atoms with Crippen molar-refractivity contribution < 1.29 is 13.6 Å². The lowest BCUT2D eigenvalue weighted by Crippen LogP contribution is -2.15. The molecule has 0 saturated carbocycles. The summed E-state index contributed by atoms with van der Waals surface area (Å²) in [5.41, 5.74) is 2.47. The van der Waals surface area contributed by atoms with Gasteiger partial charge in [-0.3, -0.25) is 4.79 Å². The molecule has 4 aromatic rings. The first-order chi connectivity index (χ1) is 14.6. The van der Waals surface area contributed by atoms with Crippen molar-refractivity contribution in [2.45, 2.75) is 5.03 Å². The number of hydrogen-bond donors (Lipinski definition) is 1. The molecular weight excluding hydrogens is 408 g/mol. The zero-order chi connectivity index (χ0) is 20.9. The summed E-state index contributed by atoms with van der Waals surface area (Å²) >= 11 is 1.17. The average molecular weight is 423 g/mol. The molecule has 1 N–H and O–H groups in total. The van der Waals surface area contributed by atoms with Crippen molar-refractivity contribution in [1.82, 2.24) is 20.0 Å². The van der Waals surface area contributed by atoms with Crippen LogP contribution in [0.3, 0.4) is 0 Å². The molecule has 0 atom stereocenters. The van der Waals surface area contributed by atoms with Crippen LogP contribution in [0, 0.1) is 11.6 Å². The summed E-state index contributed by atoms with van der Waals surface area (Å²) in [6.45, 7) is 0. The van der Waals surface area contributed by atoms with E-state index < -0.39 is 17.5 Å². The average Bonchev–Trinajstić information content (AvgIpc) is 3.30. The minimum atomic E-state index is -0.823. The minimum absolute atomic E-state index is 0.0173. The van der Waals surface area contributed by atoms with Crippen LogP contribution in [0.25, 0.3) is 16.9 Å². The van der Waals surface area contributed by atoms with E-state index in [4.69, 9.17) is 0 Å². The Balaban J connectivity index is 1.35. The molecule has 2 heterocycles. The number of thioether (sulfide) groups is 1. The van der Waals surface area contributed by atoms with Crippen LogP contribution in [0.5, 0.6) is 0 Å². The van der Waals surface area contributed by atoms with E-state index in [0.717, 1.165) is 17.3 Å². The zero-order valence-corrected chi connectivity index (χ0v) is 16.3. The maximum atomic E-state index is 13.6. The number of rotatable bonds is 6. The molecule has 0 aliphatic carbocycles. The Morgan fingerprint density at radius 3 is 2.53 bits per heavy atom. The fourth-order valence-corrected chi connectivity index (χ4v) is 3.29. The molecule has 2 aromatic carbocycles. The number of nitrogens with zero attached hydrogens (tertiary/aromatic N) is 4. The highest BCUT2D eigenvalue weighted by Gasteiger charge is 2.10. The molecule has 4 rings (SSSR count). The maximum absolute atomic E-state index is 13.6. The second-order valence-electron chi connectivity index (χ2n) is 6.22. The molecule has 6 nitrogen and oxygen atoms in total. The van der Waals surface area contributed by atoms with E-state index in [1.165, 1.54) is 17.8 Å². The molecule has 0 saturated heterocycles. The number of amides is 1. The highest BCUT2D eigenvalue weighted by molar-refractivity contribution is 7.99. The molecular formula is C21H15F2N5OS. The van der Waals surface area contributed by atoms with Gasteiger partial charge in [0, 0.05) is 24.0 Å². The van der Waals surface area contributed by atoms with E-state index in [0.29, 0.717) is 16.8 Å². The highest BCUT2D eigenvalue weighted by Crippen LogP contribution is 2.22. The second kappa shape index (κ2) is 8.83. The molecule has 30 heavy (non-hydrogen) atoms. The molecule has 1 amide bonds. The molecule has 9 heteroatoms. The van der Waals surface area contributed by atoms with E-state index in [9.17, 15) is 13.6 Å². The third kappa shape index (κ3) is 4.69. The summed E-state index contributed by atoms with van der Waals surface area (Å²) in [5.74, 6) is -1.93. The Labute approximate surface area is 175 Å². The van der Waals surface area contributed by atoms with Crippen LogP contribution in [0.2, 0.25) is 0 Å². The van der Waals surface area contributed by atoms with Crippen LogP contribution in [0.1, 0.15) is 0 Å². The summed E-state index contributed by atoms with van der Waals surface area (Å²) in [5, 5.41) is 15.5. The van der Waals surface area contributed by atoms with E-state index in [2.05, 4.69) is 20.6 Å². The lowest BCUT2D eigenvalue weighted by Gasteiger charge is -2.06. The van der Waals surface area contributed by atoms with E-state index >= 15 is 0 Å². The van der Waals surface area contributed by atoms with Crippen molar-refractivity contribution in [3.8, 4) is 16.9 Å². The van der Waals surface area contributed by atoms with Crippen LogP contribution in [-0.2, 0) is 4.79 Å². The van der Waals surface area contributed by atoms with Crippen molar-refractivity contribution in [1.29, 1.82) is 0 Å². The zero-order valence-electron chi connectivity index (χ0n) is 15.5. The van der Waals surface area contributed by atoms with Crippen molar-refractivity contribution in [2.24, 2.45) is 0 Å². The highest BCUT2D eigenvalue weighted by atomic mass is 32.2. The summed E-state index contributed by atoms with van der Waals surface area (Å²) in [6, 6.07) is 16.1. The summed E-state index contributed by atoms with van der Waals surface area (Å²) in [7, 11) is 0. The largest absolute Gasteiger partial charge is 0.323 e. The van der Waals surface area contributed by atoms with Gasteiger partial charge in [-0.15, -0.1) is 10.2 Å². The number of halogens is 2. The van der Waals surface area contributed by atoms with Gasteiger partial charge >= 0.3 is 0 Å². The first-order valence-electron chi connectivity index (χ1n) is 8.90. The van der Waals surface area contributed by atoms with E-state index in [1.54, 1.807) is 16.9 Å². The molecule has 0 fully saturated rings. The van der Waals surface area contributed by atoms with Crippen LogP contribution in [-0.4, -0.2) is 31.6 Å². The topological polar surface area (TPSA) is 72.7 Å². The smallest absolute Gasteiger partial charge is 0.234 e. The van der Waals surface area contributed by atoms with E-state index in [1.807, 2.05) is 42.6 Å². The molecule has 0 unspecified atom stereocenters. The second-order valence-corrected chi connectivity index (χ2v) is 7.21. The standard InChI is InChI=1S/C21H15F2N5OS/c22-15-4-7-19(17(23)12-15)25-20(29)13-30-21-9-8-18(26-27-21)14-2-5-16(6-3-14)28-11-1-10-24-28/h1-12H,13H2,(H,25,29). The van der Waals surface area contributed by atoms with Crippen molar-refractivity contribution in [2.75, 3.05) is 11.1 Å². The molecule has 0 aliphatic rings. The SMILES string of the molecule is O=C(CSc1ccc(-c2ccc(-n3cccn3)cc2)nn1)Nc1ccc(F)cc1F. The van der Waals surface area contributed by atoms with Gasteiger partial charge in [0.1, 0.15) is 16.7 Å². The van der Waals surface area contributed by atoms with Crippen LogP contribution in [0.4, 0.5) is 14.5 Å². The van der Waals surface area contributed by atoms with Crippen LogP contribution in [0.15, 0.2) is 78.1 Å². The number of hydrogen-bond acceptors (Lipinski definition) is 5. The molecule has 0 bridgehead atoms. The van der Waals surface area contributed by atoms with Gasteiger partial charge in [-0.2, -0.15) is 5.10 Å². The molecule has 0 spiro atoms. The van der Waals surface area contributed by atoms with Gasteiger partial charge < -0.3 is 5.32 Å². The molecule has 2 aromatic heterocycles. The number of benzene rings is 2. The lowest BCUT2D eigenvalue weighted by atomic mass is 10.1. The molecule has 150 valence electrons. The Morgan fingerprint density at radius 1 is 1.03 bits per heavy atom. The number of carbonyl (C=O) groups is 1.